The number of rotatable bonds is 5. The molecule has 0 bridgehead atoms. The van der Waals surface area contributed by atoms with E-state index < -0.39 is 0 Å². The number of hydrogen-bond acceptors (Lipinski definition) is 2. The van der Waals surface area contributed by atoms with Crippen LogP contribution in [0.3, 0.4) is 0 Å². The van der Waals surface area contributed by atoms with Crippen LogP contribution in [0.15, 0.2) is 0 Å². The first-order valence-corrected chi connectivity index (χ1v) is 6.38. The number of likely N-dealkylation sites (tertiary alicyclic amines) is 1. The molecule has 0 aromatic carbocycles. The van der Waals surface area contributed by atoms with E-state index in [2.05, 4.69) is 10.2 Å². The Morgan fingerprint density at radius 2 is 2.00 bits per heavy atom. The van der Waals surface area contributed by atoms with E-state index in [9.17, 15) is 4.79 Å². The van der Waals surface area contributed by atoms with Crippen molar-refractivity contribution in [2.75, 3.05) is 13.1 Å². The van der Waals surface area contributed by atoms with Crippen molar-refractivity contribution in [3.63, 3.8) is 0 Å². The number of nitrogens with one attached hydrogen (secondary N) is 1. The molecule has 3 fully saturated rings. The average molecular weight is 208 g/mol. The molecule has 3 heteroatoms. The van der Waals surface area contributed by atoms with E-state index in [1.54, 1.807) is 0 Å². The lowest BCUT2D eigenvalue weighted by atomic mass is 10.2. The van der Waals surface area contributed by atoms with Gasteiger partial charge in [-0.05, 0) is 31.6 Å². The van der Waals surface area contributed by atoms with Crippen LogP contribution in [0, 0.1) is 5.92 Å². The summed E-state index contributed by atoms with van der Waals surface area (Å²) in [7, 11) is 0. The summed E-state index contributed by atoms with van der Waals surface area (Å²) in [5, 5.41) is 3.44. The quantitative estimate of drug-likeness (QED) is 0.735. The fourth-order valence-corrected chi connectivity index (χ4v) is 2.40. The maximum atomic E-state index is 12.0. The summed E-state index contributed by atoms with van der Waals surface area (Å²) in [6.45, 7) is 1.99. The van der Waals surface area contributed by atoms with Gasteiger partial charge >= 0.3 is 0 Å². The Morgan fingerprint density at radius 3 is 2.67 bits per heavy atom. The van der Waals surface area contributed by atoms with Crippen LogP contribution in [0.2, 0.25) is 0 Å². The Bertz CT molecular complexity index is 258. The van der Waals surface area contributed by atoms with Gasteiger partial charge in [-0.1, -0.05) is 12.8 Å². The van der Waals surface area contributed by atoms with Crippen molar-refractivity contribution >= 4 is 5.91 Å². The molecule has 1 unspecified atom stereocenters. The second kappa shape index (κ2) is 3.78. The van der Waals surface area contributed by atoms with Crippen molar-refractivity contribution in [1.82, 2.24) is 10.2 Å². The van der Waals surface area contributed by atoms with Gasteiger partial charge < -0.3 is 10.2 Å². The van der Waals surface area contributed by atoms with Crippen LogP contribution in [0.4, 0.5) is 0 Å². The molecule has 0 spiro atoms. The summed E-state index contributed by atoms with van der Waals surface area (Å²) >= 11 is 0. The second-order valence-corrected chi connectivity index (χ2v) is 5.34. The summed E-state index contributed by atoms with van der Waals surface area (Å²) in [6.07, 6.45) is 7.59. The minimum atomic E-state index is 0.150. The van der Waals surface area contributed by atoms with Gasteiger partial charge in [-0.2, -0.15) is 0 Å². The molecule has 1 amide bonds. The van der Waals surface area contributed by atoms with Crippen LogP contribution < -0.4 is 5.32 Å². The molecule has 1 saturated heterocycles. The highest BCUT2D eigenvalue weighted by Crippen LogP contribution is 2.33. The van der Waals surface area contributed by atoms with Gasteiger partial charge in [0.2, 0.25) is 5.91 Å². The molecule has 1 N–H and O–H groups in total. The number of nitrogens with zero attached hydrogens (tertiary/aromatic N) is 1. The third-order valence-electron chi connectivity index (χ3n) is 3.82. The SMILES string of the molecule is O=C1C(NC2CC2)CCN1CCC1CC1. The van der Waals surface area contributed by atoms with Crippen molar-refractivity contribution < 1.29 is 4.79 Å². The van der Waals surface area contributed by atoms with E-state index in [0.717, 1.165) is 25.4 Å². The van der Waals surface area contributed by atoms with Crippen LogP contribution in [0.25, 0.3) is 0 Å². The van der Waals surface area contributed by atoms with Gasteiger partial charge in [0, 0.05) is 19.1 Å². The standard InChI is InChI=1S/C12H20N2O/c15-12-11(13-10-3-4-10)6-8-14(12)7-5-9-1-2-9/h9-11,13H,1-8H2. The molecule has 3 rings (SSSR count). The van der Waals surface area contributed by atoms with Gasteiger partial charge in [0.1, 0.15) is 0 Å². The van der Waals surface area contributed by atoms with E-state index >= 15 is 0 Å². The maximum Gasteiger partial charge on any atom is 0.239 e. The maximum absolute atomic E-state index is 12.0. The molecule has 1 heterocycles. The highest BCUT2D eigenvalue weighted by atomic mass is 16.2. The largest absolute Gasteiger partial charge is 0.341 e. The molecule has 1 aliphatic heterocycles. The first kappa shape index (κ1) is 9.64. The lowest BCUT2D eigenvalue weighted by Crippen LogP contribution is -2.39. The molecular formula is C12H20N2O. The Kier molecular flexibility index (Phi) is 2.43. The Labute approximate surface area is 91.2 Å². The number of hydrogen-bond donors (Lipinski definition) is 1. The molecule has 3 nitrogen and oxygen atoms in total. The lowest BCUT2D eigenvalue weighted by molar-refractivity contribution is -0.129. The smallest absolute Gasteiger partial charge is 0.239 e. The first-order chi connectivity index (χ1) is 7.33. The topological polar surface area (TPSA) is 32.3 Å². The van der Waals surface area contributed by atoms with Gasteiger partial charge in [-0.25, -0.2) is 0 Å². The zero-order valence-corrected chi connectivity index (χ0v) is 9.24. The normalized spacial score (nSPS) is 31.3. The molecule has 15 heavy (non-hydrogen) atoms. The minimum Gasteiger partial charge on any atom is -0.341 e. The molecule has 2 aliphatic carbocycles. The zero-order chi connectivity index (χ0) is 10.3. The first-order valence-electron chi connectivity index (χ1n) is 6.38. The van der Waals surface area contributed by atoms with E-state index in [1.165, 1.54) is 32.1 Å². The summed E-state index contributed by atoms with van der Waals surface area (Å²) in [5.74, 6) is 1.30. The van der Waals surface area contributed by atoms with Crippen molar-refractivity contribution in [2.24, 2.45) is 5.92 Å². The molecule has 0 aromatic rings. The predicted octanol–water partition coefficient (Wildman–Crippen LogP) is 1.14. The Hall–Kier alpha value is -0.570. The summed E-state index contributed by atoms with van der Waals surface area (Å²) < 4.78 is 0. The van der Waals surface area contributed by atoms with Crippen LogP contribution in [-0.4, -0.2) is 36.0 Å². The molecule has 3 aliphatic rings. The van der Waals surface area contributed by atoms with Crippen LogP contribution in [0.5, 0.6) is 0 Å². The third kappa shape index (κ3) is 2.33. The van der Waals surface area contributed by atoms with Gasteiger partial charge in [0.15, 0.2) is 0 Å². The van der Waals surface area contributed by atoms with Crippen molar-refractivity contribution in [1.29, 1.82) is 0 Å². The monoisotopic (exact) mass is 208 g/mol. The minimum absolute atomic E-state index is 0.150. The predicted molar refractivity (Wildman–Crippen MR) is 58.5 cm³/mol. The Balaban J connectivity index is 1.46. The van der Waals surface area contributed by atoms with Gasteiger partial charge in [0.25, 0.3) is 0 Å². The lowest BCUT2D eigenvalue weighted by Gasteiger charge is -2.16. The Morgan fingerprint density at radius 1 is 1.20 bits per heavy atom. The average Bonchev–Trinajstić information content (AvgIpc) is 3.10. The molecular weight excluding hydrogens is 188 g/mol. The van der Waals surface area contributed by atoms with Gasteiger partial charge in [-0.3, -0.25) is 4.79 Å². The van der Waals surface area contributed by atoms with Crippen LogP contribution in [-0.2, 0) is 4.79 Å². The molecule has 1 atom stereocenters. The fraction of sp³-hybridized carbons (Fsp3) is 0.917. The fourth-order valence-electron chi connectivity index (χ4n) is 2.40. The van der Waals surface area contributed by atoms with E-state index in [0.29, 0.717) is 11.9 Å². The summed E-state index contributed by atoms with van der Waals surface area (Å²) in [4.78, 5) is 14.0. The van der Waals surface area contributed by atoms with E-state index in [1.807, 2.05) is 0 Å². The van der Waals surface area contributed by atoms with Crippen molar-refractivity contribution in [3.8, 4) is 0 Å². The van der Waals surface area contributed by atoms with Crippen molar-refractivity contribution in [2.45, 2.75) is 50.6 Å². The summed E-state index contributed by atoms with van der Waals surface area (Å²) in [5.41, 5.74) is 0. The summed E-state index contributed by atoms with van der Waals surface area (Å²) in [6, 6.07) is 0.805. The van der Waals surface area contributed by atoms with Crippen molar-refractivity contribution in [3.05, 3.63) is 0 Å². The zero-order valence-electron chi connectivity index (χ0n) is 9.24. The third-order valence-corrected chi connectivity index (χ3v) is 3.82. The molecule has 0 aromatic heterocycles. The number of carbonyl (C=O) groups excluding carboxylic acids is 1. The number of carbonyl (C=O) groups is 1. The molecule has 2 saturated carbocycles. The molecule has 84 valence electrons. The van der Waals surface area contributed by atoms with Crippen LogP contribution >= 0.6 is 0 Å². The van der Waals surface area contributed by atoms with Gasteiger partial charge in [0.05, 0.1) is 6.04 Å². The van der Waals surface area contributed by atoms with Gasteiger partial charge in [-0.15, -0.1) is 0 Å². The number of amides is 1. The van der Waals surface area contributed by atoms with E-state index in [4.69, 9.17) is 0 Å². The highest BCUT2D eigenvalue weighted by Gasteiger charge is 2.35. The second-order valence-electron chi connectivity index (χ2n) is 5.34. The van der Waals surface area contributed by atoms with E-state index in [-0.39, 0.29) is 6.04 Å². The molecule has 0 radical (unpaired) electrons. The highest BCUT2D eigenvalue weighted by molar-refractivity contribution is 5.84. The van der Waals surface area contributed by atoms with Crippen LogP contribution in [0.1, 0.15) is 38.5 Å².